The second-order valence-electron chi connectivity index (χ2n) is 4.55. The van der Waals surface area contributed by atoms with E-state index in [0.717, 1.165) is 12.8 Å². The van der Waals surface area contributed by atoms with Crippen LogP contribution in [0.1, 0.15) is 23.2 Å². The second-order valence-corrected chi connectivity index (χ2v) is 6.29. The van der Waals surface area contributed by atoms with Crippen LogP contribution in [0.4, 0.5) is 5.69 Å². The van der Waals surface area contributed by atoms with E-state index >= 15 is 0 Å². The lowest BCUT2D eigenvalue weighted by molar-refractivity contribution is 0.1000. The van der Waals surface area contributed by atoms with Crippen molar-refractivity contribution >= 4 is 21.6 Å². The third-order valence-electron chi connectivity index (χ3n) is 3.26. The molecule has 1 aliphatic heterocycles. The molecule has 1 aromatic rings. The van der Waals surface area contributed by atoms with Gasteiger partial charge in [0, 0.05) is 11.6 Å². The molecule has 3 N–H and O–H groups in total. The van der Waals surface area contributed by atoms with E-state index in [9.17, 15) is 13.2 Å². The Bertz CT molecular complexity index is 622. The molecule has 0 spiro atoms. The van der Waals surface area contributed by atoms with Crippen molar-refractivity contribution in [2.75, 3.05) is 11.6 Å². The van der Waals surface area contributed by atoms with Crippen molar-refractivity contribution in [3.05, 3.63) is 23.8 Å². The molecule has 1 heterocycles. The highest BCUT2D eigenvalue weighted by Gasteiger charge is 2.36. The molecular weight excluding hydrogens is 254 g/mol. The minimum Gasteiger partial charge on any atom is -0.366 e. The van der Waals surface area contributed by atoms with Crippen LogP contribution in [0.15, 0.2) is 23.1 Å². The Hall–Kier alpha value is -1.60. The van der Waals surface area contributed by atoms with Crippen LogP contribution in [0.2, 0.25) is 0 Å². The van der Waals surface area contributed by atoms with Crippen molar-refractivity contribution in [2.45, 2.75) is 23.8 Å². The first kappa shape index (κ1) is 11.5. The summed E-state index contributed by atoms with van der Waals surface area (Å²) in [6.45, 7) is 0.288. The van der Waals surface area contributed by atoms with E-state index in [2.05, 4.69) is 4.72 Å². The average molecular weight is 267 g/mol. The lowest BCUT2D eigenvalue weighted by atomic mass is 10.2. The molecule has 1 fully saturated rings. The van der Waals surface area contributed by atoms with Gasteiger partial charge in [0.25, 0.3) is 0 Å². The zero-order chi connectivity index (χ0) is 12.9. The maximum Gasteiger partial charge on any atom is 0.248 e. The zero-order valence-electron chi connectivity index (χ0n) is 9.59. The van der Waals surface area contributed by atoms with Crippen LogP contribution < -0.4 is 15.4 Å². The van der Waals surface area contributed by atoms with Crippen molar-refractivity contribution < 1.29 is 13.2 Å². The van der Waals surface area contributed by atoms with Gasteiger partial charge in [-0.25, -0.2) is 8.42 Å². The van der Waals surface area contributed by atoms with Gasteiger partial charge in [-0.15, -0.1) is 0 Å². The number of hydrogen-bond acceptors (Lipinski definition) is 4. The number of fused-ring (bicyclic) bond motifs is 1. The number of rotatable bonds is 2. The van der Waals surface area contributed by atoms with E-state index in [1.165, 1.54) is 6.07 Å². The summed E-state index contributed by atoms with van der Waals surface area (Å²) in [6.07, 6.45) is 2.14. The molecule has 96 valence electrons. The maximum atomic E-state index is 11.9. The van der Waals surface area contributed by atoms with E-state index in [-0.39, 0.29) is 17.1 Å². The monoisotopic (exact) mass is 267 g/mol. The number of anilines is 1. The van der Waals surface area contributed by atoms with Gasteiger partial charge < -0.3 is 10.6 Å². The first-order valence-electron chi connectivity index (χ1n) is 5.69. The number of nitrogens with zero attached hydrogens (tertiary/aromatic N) is 1. The molecule has 0 atom stereocenters. The molecule has 1 amide bonds. The van der Waals surface area contributed by atoms with Crippen LogP contribution >= 0.6 is 0 Å². The minimum absolute atomic E-state index is 0.136. The van der Waals surface area contributed by atoms with Gasteiger partial charge in [-0.05, 0) is 31.0 Å². The van der Waals surface area contributed by atoms with Gasteiger partial charge in [0.15, 0.2) is 0 Å². The maximum absolute atomic E-state index is 11.9. The minimum atomic E-state index is -3.54. The lowest BCUT2D eigenvalue weighted by Crippen LogP contribution is -2.44. The van der Waals surface area contributed by atoms with Crippen molar-refractivity contribution in [3.63, 3.8) is 0 Å². The third-order valence-corrected chi connectivity index (χ3v) is 4.67. The summed E-state index contributed by atoms with van der Waals surface area (Å²) >= 11 is 0. The van der Waals surface area contributed by atoms with Gasteiger partial charge in [0.2, 0.25) is 15.9 Å². The highest BCUT2D eigenvalue weighted by molar-refractivity contribution is 7.89. The number of hydrogen-bond donors (Lipinski definition) is 2. The standard InChI is InChI=1S/C11H13N3O3S/c12-11(15)7-1-4-9-10(5-7)18(16,17)13-6-14(9)8-2-3-8/h1,4-5,8,13H,2-3,6H2,(H2,12,15). The number of carbonyl (C=O) groups excluding carboxylic acids is 1. The Morgan fingerprint density at radius 1 is 1.39 bits per heavy atom. The number of nitrogens with one attached hydrogen (secondary N) is 1. The number of amides is 1. The van der Waals surface area contributed by atoms with E-state index < -0.39 is 15.9 Å². The van der Waals surface area contributed by atoms with E-state index in [4.69, 9.17) is 5.73 Å². The molecule has 1 aromatic carbocycles. The molecule has 6 nitrogen and oxygen atoms in total. The Kier molecular flexibility index (Phi) is 2.36. The molecule has 0 bridgehead atoms. The van der Waals surface area contributed by atoms with Crippen LogP contribution in [0.5, 0.6) is 0 Å². The molecule has 2 aliphatic rings. The van der Waals surface area contributed by atoms with Crippen LogP contribution in [-0.4, -0.2) is 27.0 Å². The molecule has 7 heteroatoms. The molecule has 0 aromatic heterocycles. The lowest BCUT2D eigenvalue weighted by Gasteiger charge is -2.31. The number of primary amides is 1. The van der Waals surface area contributed by atoms with E-state index in [1.54, 1.807) is 12.1 Å². The highest BCUT2D eigenvalue weighted by Crippen LogP contribution is 2.37. The van der Waals surface area contributed by atoms with Crippen molar-refractivity contribution in [1.29, 1.82) is 0 Å². The number of sulfonamides is 1. The van der Waals surface area contributed by atoms with Gasteiger partial charge in [0.1, 0.15) is 4.90 Å². The Balaban J connectivity index is 2.15. The van der Waals surface area contributed by atoms with E-state index in [1.807, 2.05) is 4.90 Å². The fraction of sp³-hybridized carbons (Fsp3) is 0.364. The summed E-state index contributed by atoms with van der Waals surface area (Å²) in [5.74, 6) is -0.628. The fourth-order valence-corrected chi connectivity index (χ4v) is 3.36. The molecule has 0 radical (unpaired) electrons. The first-order chi connectivity index (χ1) is 8.49. The molecule has 1 aliphatic carbocycles. The van der Waals surface area contributed by atoms with Crippen LogP contribution in [0, 0.1) is 0 Å². The third kappa shape index (κ3) is 1.75. The van der Waals surface area contributed by atoms with Crippen molar-refractivity contribution in [2.24, 2.45) is 5.73 Å². The summed E-state index contributed by atoms with van der Waals surface area (Å²) in [7, 11) is -3.54. The van der Waals surface area contributed by atoms with Crippen LogP contribution in [0.25, 0.3) is 0 Å². The Morgan fingerprint density at radius 2 is 2.11 bits per heavy atom. The largest absolute Gasteiger partial charge is 0.366 e. The summed E-state index contributed by atoms with van der Waals surface area (Å²) in [5, 5.41) is 0. The smallest absolute Gasteiger partial charge is 0.248 e. The summed E-state index contributed by atoms with van der Waals surface area (Å²) in [5.41, 5.74) is 6.03. The molecule has 18 heavy (non-hydrogen) atoms. The van der Waals surface area contributed by atoms with Crippen LogP contribution in [0.3, 0.4) is 0 Å². The number of nitrogens with two attached hydrogens (primary N) is 1. The van der Waals surface area contributed by atoms with Gasteiger partial charge in [0.05, 0.1) is 12.4 Å². The van der Waals surface area contributed by atoms with Gasteiger partial charge in [-0.3, -0.25) is 4.79 Å². The molecule has 3 rings (SSSR count). The number of benzene rings is 1. The fourth-order valence-electron chi connectivity index (χ4n) is 2.15. The summed E-state index contributed by atoms with van der Waals surface area (Å²) < 4.78 is 26.4. The SMILES string of the molecule is NC(=O)c1ccc2c(c1)S(=O)(=O)NCN2C1CC1. The van der Waals surface area contributed by atoms with Crippen LogP contribution in [-0.2, 0) is 10.0 Å². The molecule has 0 unspecified atom stereocenters. The number of carbonyl (C=O) groups is 1. The van der Waals surface area contributed by atoms with Crippen molar-refractivity contribution in [3.8, 4) is 0 Å². The second kappa shape index (κ2) is 3.69. The highest BCUT2D eigenvalue weighted by atomic mass is 32.2. The predicted octanol–water partition coefficient (Wildman–Crippen LogP) is 0.00370. The van der Waals surface area contributed by atoms with Gasteiger partial charge in [-0.1, -0.05) is 0 Å². The average Bonchev–Trinajstić information content (AvgIpc) is 3.13. The molecule has 1 saturated carbocycles. The summed E-state index contributed by atoms with van der Waals surface area (Å²) in [4.78, 5) is 13.3. The Morgan fingerprint density at radius 3 is 2.72 bits per heavy atom. The normalized spacial score (nSPS) is 21.4. The first-order valence-corrected chi connectivity index (χ1v) is 7.17. The Labute approximate surface area is 105 Å². The van der Waals surface area contributed by atoms with Gasteiger partial charge in [-0.2, -0.15) is 4.72 Å². The molecular formula is C11H13N3O3S. The predicted molar refractivity (Wildman–Crippen MR) is 65.6 cm³/mol. The zero-order valence-corrected chi connectivity index (χ0v) is 10.4. The quantitative estimate of drug-likeness (QED) is 0.789. The topological polar surface area (TPSA) is 92.5 Å². The van der Waals surface area contributed by atoms with Crippen molar-refractivity contribution in [1.82, 2.24) is 4.72 Å². The van der Waals surface area contributed by atoms with Gasteiger partial charge >= 0.3 is 0 Å². The van der Waals surface area contributed by atoms with E-state index in [0.29, 0.717) is 11.7 Å². The summed E-state index contributed by atoms with van der Waals surface area (Å²) in [6, 6.07) is 4.96. The molecule has 0 saturated heterocycles.